The average Bonchev–Trinajstić information content (AvgIpc) is 2.15. The van der Waals surface area contributed by atoms with E-state index in [1.54, 1.807) is 12.3 Å². The molecule has 0 fully saturated rings. The van der Waals surface area contributed by atoms with Crippen molar-refractivity contribution >= 4 is 5.91 Å². The number of aromatic nitrogens is 1. The third-order valence-corrected chi connectivity index (χ3v) is 1.67. The minimum atomic E-state index is -0.260. The predicted octanol–water partition coefficient (Wildman–Crippen LogP) is 1.46. The smallest absolute Gasteiger partial charge is 0.271 e. The lowest BCUT2D eigenvalue weighted by Gasteiger charge is -2.09. The Hall–Kier alpha value is -1.42. The highest BCUT2D eigenvalue weighted by Gasteiger charge is 2.08. The van der Waals surface area contributed by atoms with Crippen LogP contribution in [0.3, 0.4) is 0 Å². The molecular formula is C10H14N2O2. The predicted molar refractivity (Wildman–Crippen MR) is 52.7 cm³/mol. The third kappa shape index (κ3) is 2.81. The van der Waals surface area contributed by atoms with Gasteiger partial charge in [-0.2, -0.15) is 0 Å². The zero-order valence-electron chi connectivity index (χ0n) is 8.57. The molecule has 1 amide bonds. The van der Waals surface area contributed by atoms with Crippen LogP contribution in [0.5, 0.6) is 0 Å². The van der Waals surface area contributed by atoms with E-state index in [0.717, 1.165) is 5.56 Å². The molecule has 0 atom stereocenters. The van der Waals surface area contributed by atoms with E-state index in [-0.39, 0.29) is 12.0 Å². The van der Waals surface area contributed by atoms with Crippen molar-refractivity contribution in [3.63, 3.8) is 0 Å². The van der Waals surface area contributed by atoms with E-state index in [2.05, 4.69) is 10.5 Å². The number of nitrogens with zero attached hydrogens (tertiary/aromatic N) is 1. The number of hydrogen-bond donors (Lipinski definition) is 1. The van der Waals surface area contributed by atoms with Gasteiger partial charge in [0.1, 0.15) is 0 Å². The Morgan fingerprint density at radius 3 is 2.86 bits per heavy atom. The summed E-state index contributed by atoms with van der Waals surface area (Å²) in [7, 11) is 0. The molecule has 4 heteroatoms. The summed E-state index contributed by atoms with van der Waals surface area (Å²) in [4.78, 5) is 20.4. The van der Waals surface area contributed by atoms with Crippen LogP contribution in [0.15, 0.2) is 18.5 Å². The van der Waals surface area contributed by atoms with Gasteiger partial charge in [-0.1, -0.05) is 0 Å². The molecule has 76 valence electrons. The minimum Gasteiger partial charge on any atom is -0.271 e. The summed E-state index contributed by atoms with van der Waals surface area (Å²) < 4.78 is 0. The second-order valence-electron chi connectivity index (χ2n) is 3.29. The maximum Gasteiger partial charge on any atom is 0.276 e. The Kier molecular flexibility index (Phi) is 3.59. The fourth-order valence-corrected chi connectivity index (χ4v) is 0.928. The van der Waals surface area contributed by atoms with Crippen molar-refractivity contribution in [2.45, 2.75) is 26.9 Å². The molecule has 0 spiro atoms. The van der Waals surface area contributed by atoms with Crippen LogP contribution in [0.25, 0.3) is 0 Å². The summed E-state index contributed by atoms with van der Waals surface area (Å²) in [6.07, 6.45) is 3.14. The first-order valence-electron chi connectivity index (χ1n) is 4.48. The number of hydrogen-bond acceptors (Lipinski definition) is 3. The zero-order valence-corrected chi connectivity index (χ0v) is 8.57. The number of amides is 1. The van der Waals surface area contributed by atoms with E-state index in [1.807, 2.05) is 20.8 Å². The van der Waals surface area contributed by atoms with Crippen molar-refractivity contribution < 1.29 is 9.63 Å². The van der Waals surface area contributed by atoms with Crippen molar-refractivity contribution in [1.82, 2.24) is 10.5 Å². The normalized spacial score (nSPS) is 10.3. The van der Waals surface area contributed by atoms with Gasteiger partial charge in [-0.05, 0) is 32.4 Å². The molecule has 0 saturated heterocycles. The van der Waals surface area contributed by atoms with Gasteiger partial charge in [0.05, 0.1) is 11.7 Å². The molecule has 14 heavy (non-hydrogen) atoms. The zero-order chi connectivity index (χ0) is 10.6. The van der Waals surface area contributed by atoms with Gasteiger partial charge >= 0.3 is 0 Å². The lowest BCUT2D eigenvalue weighted by atomic mass is 10.1. The number of pyridine rings is 1. The molecule has 0 aliphatic heterocycles. The molecule has 0 saturated carbocycles. The summed E-state index contributed by atoms with van der Waals surface area (Å²) in [6.45, 7) is 5.54. The van der Waals surface area contributed by atoms with E-state index in [0.29, 0.717) is 5.56 Å². The number of carbonyl (C=O) groups excluding carboxylic acids is 1. The van der Waals surface area contributed by atoms with Gasteiger partial charge in [-0.15, -0.1) is 0 Å². The molecule has 1 aromatic heterocycles. The van der Waals surface area contributed by atoms with E-state index in [9.17, 15) is 4.79 Å². The van der Waals surface area contributed by atoms with E-state index in [4.69, 9.17) is 4.84 Å². The van der Waals surface area contributed by atoms with Gasteiger partial charge in [-0.3, -0.25) is 14.6 Å². The monoisotopic (exact) mass is 194 g/mol. The maximum absolute atomic E-state index is 11.5. The molecule has 4 nitrogen and oxygen atoms in total. The van der Waals surface area contributed by atoms with Gasteiger partial charge < -0.3 is 0 Å². The quantitative estimate of drug-likeness (QED) is 0.741. The first-order chi connectivity index (χ1) is 6.61. The lowest BCUT2D eigenvalue weighted by Crippen LogP contribution is -2.27. The maximum atomic E-state index is 11.5. The van der Waals surface area contributed by atoms with Gasteiger partial charge in [0.15, 0.2) is 0 Å². The van der Waals surface area contributed by atoms with Crippen LogP contribution in [0, 0.1) is 6.92 Å². The van der Waals surface area contributed by atoms with Crippen LogP contribution in [-0.4, -0.2) is 17.0 Å². The SMILES string of the molecule is Cc1ccncc1C(=O)NOC(C)C. The first kappa shape index (κ1) is 10.7. The number of nitrogens with one attached hydrogen (secondary N) is 1. The Bertz CT molecular complexity index is 324. The van der Waals surface area contributed by atoms with Gasteiger partial charge in [0.2, 0.25) is 0 Å². The molecule has 1 aromatic rings. The molecule has 0 aromatic carbocycles. The van der Waals surface area contributed by atoms with Gasteiger partial charge in [0.25, 0.3) is 5.91 Å². The van der Waals surface area contributed by atoms with Crippen molar-refractivity contribution in [3.05, 3.63) is 29.6 Å². The number of rotatable bonds is 3. The highest BCUT2D eigenvalue weighted by Crippen LogP contribution is 2.04. The Balaban J connectivity index is 2.65. The fraction of sp³-hybridized carbons (Fsp3) is 0.400. The van der Waals surface area contributed by atoms with Crippen LogP contribution in [-0.2, 0) is 4.84 Å². The van der Waals surface area contributed by atoms with E-state index >= 15 is 0 Å². The van der Waals surface area contributed by atoms with E-state index in [1.165, 1.54) is 6.20 Å². The summed E-state index contributed by atoms with van der Waals surface area (Å²) in [5.41, 5.74) is 3.78. The van der Waals surface area contributed by atoms with Gasteiger partial charge in [-0.25, -0.2) is 5.48 Å². The fourth-order valence-electron chi connectivity index (χ4n) is 0.928. The lowest BCUT2D eigenvalue weighted by molar-refractivity contribution is 0.000121. The third-order valence-electron chi connectivity index (χ3n) is 1.67. The second-order valence-corrected chi connectivity index (χ2v) is 3.29. The van der Waals surface area contributed by atoms with Crippen LogP contribution in [0.1, 0.15) is 29.8 Å². The highest BCUT2D eigenvalue weighted by molar-refractivity contribution is 5.94. The number of carbonyl (C=O) groups is 1. The summed E-state index contributed by atoms with van der Waals surface area (Å²) in [5.74, 6) is -0.260. The molecule has 0 aliphatic carbocycles. The molecule has 0 radical (unpaired) electrons. The Morgan fingerprint density at radius 2 is 2.29 bits per heavy atom. The summed E-state index contributed by atoms with van der Waals surface area (Å²) in [5, 5.41) is 0. The summed E-state index contributed by atoms with van der Waals surface area (Å²) >= 11 is 0. The van der Waals surface area contributed by atoms with Crippen LogP contribution in [0.4, 0.5) is 0 Å². The van der Waals surface area contributed by atoms with Crippen molar-refractivity contribution in [1.29, 1.82) is 0 Å². The Morgan fingerprint density at radius 1 is 1.57 bits per heavy atom. The number of hydroxylamine groups is 1. The largest absolute Gasteiger partial charge is 0.276 e. The summed E-state index contributed by atoms with van der Waals surface area (Å²) in [6, 6.07) is 1.78. The van der Waals surface area contributed by atoms with Crippen LogP contribution in [0.2, 0.25) is 0 Å². The molecule has 0 aliphatic rings. The number of aryl methyl sites for hydroxylation is 1. The molecule has 1 rings (SSSR count). The molecule has 0 unspecified atom stereocenters. The molecular weight excluding hydrogens is 180 g/mol. The van der Waals surface area contributed by atoms with Crippen molar-refractivity contribution in [2.75, 3.05) is 0 Å². The molecule has 1 N–H and O–H groups in total. The van der Waals surface area contributed by atoms with Crippen LogP contribution < -0.4 is 5.48 Å². The van der Waals surface area contributed by atoms with Crippen molar-refractivity contribution in [3.8, 4) is 0 Å². The highest BCUT2D eigenvalue weighted by atomic mass is 16.7. The standard InChI is InChI=1S/C10H14N2O2/c1-7(2)14-12-10(13)9-6-11-5-4-8(9)3/h4-7H,1-3H3,(H,12,13). The average molecular weight is 194 g/mol. The molecule has 1 heterocycles. The Labute approximate surface area is 83.3 Å². The van der Waals surface area contributed by atoms with Crippen molar-refractivity contribution in [2.24, 2.45) is 0 Å². The second kappa shape index (κ2) is 4.72. The molecule has 0 bridgehead atoms. The van der Waals surface area contributed by atoms with Crippen LogP contribution >= 0.6 is 0 Å². The topological polar surface area (TPSA) is 51.2 Å². The van der Waals surface area contributed by atoms with Gasteiger partial charge in [0, 0.05) is 12.4 Å². The van der Waals surface area contributed by atoms with E-state index < -0.39 is 0 Å². The minimum absolute atomic E-state index is 0.0315. The first-order valence-corrected chi connectivity index (χ1v) is 4.48.